The third-order valence-electron chi connectivity index (χ3n) is 2.85. The van der Waals surface area contributed by atoms with E-state index < -0.39 is 0 Å². The summed E-state index contributed by atoms with van der Waals surface area (Å²) in [5, 5.41) is 17.7. The van der Waals surface area contributed by atoms with Gasteiger partial charge >= 0.3 is 0 Å². The van der Waals surface area contributed by atoms with E-state index >= 15 is 0 Å². The van der Waals surface area contributed by atoms with Gasteiger partial charge in [-0.05, 0) is 18.8 Å². The SMILES string of the molecule is N#Cc1ncn(CC2CCOCC2)c1C#N. The Kier molecular flexibility index (Phi) is 3.19. The maximum atomic E-state index is 8.96. The molecule has 1 aromatic rings. The second-order valence-corrected chi connectivity index (χ2v) is 3.87. The predicted molar refractivity (Wildman–Crippen MR) is 55.2 cm³/mol. The number of nitriles is 2. The zero-order valence-corrected chi connectivity index (χ0v) is 8.89. The standard InChI is InChI=1S/C11H12N4O/c12-5-10-11(6-13)15(8-14-10)7-9-1-3-16-4-2-9/h8-9H,1-4,7H2. The molecule has 0 bridgehead atoms. The first-order valence-electron chi connectivity index (χ1n) is 5.28. The fourth-order valence-corrected chi connectivity index (χ4v) is 1.93. The van der Waals surface area contributed by atoms with E-state index in [-0.39, 0.29) is 5.69 Å². The monoisotopic (exact) mass is 216 g/mol. The Balaban J connectivity index is 2.12. The minimum absolute atomic E-state index is 0.217. The number of rotatable bonds is 2. The lowest BCUT2D eigenvalue weighted by Gasteiger charge is -2.22. The third kappa shape index (κ3) is 2.05. The van der Waals surface area contributed by atoms with E-state index in [2.05, 4.69) is 4.98 Å². The molecule has 0 N–H and O–H groups in total. The largest absolute Gasteiger partial charge is 0.381 e. The highest BCUT2D eigenvalue weighted by atomic mass is 16.5. The van der Waals surface area contributed by atoms with Gasteiger partial charge in [-0.1, -0.05) is 0 Å². The lowest BCUT2D eigenvalue weighted by Crippen LogP contribution is -2.20. The van der Waals surface area contributed by atoms with Gasteiger partial charge < -0.3 is 9.30 Å². The van der Waals surface area contributed by atoms with Crippen LogP contribution in [0.25, 0.3) is 0 Å². The number of imidazole rings is 1. The van der Waals surface area contributed by atoms with Gasteiger partial charge in [0.1, 0.15) is 12.1 Å². The second-order valence-electron chi connectivity index (χ2n) is 3.87. The van der Waals surface area contributed by atoms with Gasteiger partial charge in [-0.25, -0.2) is 4.98 Å². The van der Waals surface area contributed by atoms with Gasteiger partial charge in [0.05, 0.1) is 6.33 Å². The average molecular weight is 216 g/mol. The number of aromatic nitrogens is 2. The van der Waals surface area contributed by atoms with Gasteiger partial charge in [0.25, 0.3) is 0 Å². The van der Waals surface area contributed by atoms with Crippen molar-refractivity contribution in [3.63, 3.8) is 0 Å². The molecule has 1 aliphatic rings. The van der Waals surface area contributed by atoms with Crippen LogP contribution in [0, 0.1) is 28.6 Å². The van der Waals surface area contributed by atoms with Crippen LogP contribution < -0.4 is 0 Å². The van der Waals surface area contributed by atoms with Crippen molar-refractivity contribution in [1.82, 2.24) is 9.55 Å². The van der Waals surface area contributed by atoms with Crippen molar-refractivity contribution in [2.45, 2.75) is 19.4 Å². The van der Waals surface area contributed by atoms with Crippen molar-refractivity contribution < 1.29 is 4.74 Å². The van der Waals surface area contributed by atoms with Gasteiger partial charge in [-0.3, -0.25) is 0 Å². The Labute approximate surface area is 93.9 Å². The molecule has 1 saturated heterocycles. The molecule has 0 radical (unpaired) electrons. The van der Waals surface area contributed by atoms with Crippen LogP contribution in [0.1, 0.15) is 24.2 Å². The first kappa shape index (κ1) is 10.7. The van der Waals surface area contributed by atoms with E-state index in [0.29, 0.717) is 11.6 Å². The van der Waals surface area contributed by atoms with Crippen LogP contribution in [0.5, 0.6) is 0 Å². The molecule has 5 nitrogen and oxygen atoms in total. The van der Waals surface area contributed by atoms with Gasteiger partial charge in [0.2, 0.25) is 0 Å². The quantitative estimate of drug-likeness (QED) is 0.740. The van der Waals surface area contributed by atoms with E-state index in [9.17, 15) is 0 Å². The molecular formula is C11H12N4O. The van der Waals surface area contributed by atoms with E-state index in [1.165, 1.54) is 0 Å². The zero-order chi connectivity index (χ0) is 11.4. The van der Waals surface area contributed by atoms with Crippen LogP contribution in [0.3, 0.4) is 0 Å². The fourth-order valence-electron chi connectivity index (χ4n) is 1.93. The highest BCUT2D eigenvalue weighted by Crippen LogP contribution is 2.18. The summed E-state index contributed by atoms with van der Waals surface area (Å²) >= 11 is 0. The van der Waals surface area contributed by atoms with Gasteiger partial charge in [-0.2, -0.15) is 10.5 Å². The van der Waals surface area contributed by atoms with Crippen LogP contribution in [-0.2, 0) is 11.3 Å². The van der Waals surface area contributed by atoms with Crippen molar-refractivity contribution in [3.8, 4) is 12.1 Å². The molecule has 0 saturated carbocycles. The number of nitrogens with zero attached hydrogens (tertiary/aromatic N) is 4. The van der Waals surface area contributed by atoms with Gasteiger partial charge in [0.15, 0.2) is 11.4 Å². The van der Waals surface area contributed by atoms with Gasteiger partial charge in [-0.15, -0.1) is 0 Å². The van der Waals surface area contributed by atoms with Crippen molar-refractivity contribution in [2.75, 3.05) is 13.2 Å². The normalized spacial score (nSPS) is 16.6. The third-order valence-corrected chi connectivity index (χ3v) is 2.85. The molecule has 2 heterocycles. The highest BCUT2D eigenvalue weighted by molar-refractivity contribution is 5.35. The minimum atomic E-state index is 0.217. The highest BCUT2D eigenvalue weighted by Gasteiger charge is 2.17. The van der Waals surface area contributed by atoms with Crippen molar-refractivity contribution in [2.24, 2.45) is 5.92 Å². The number of hydrogen-bond donors (Lipinski definition) is 0. The van der Waals surface area contributed by atoms with Crippen LogP contribution in [0.4, 0.5) is 0 Å². The lowest BCUT2D eigenvalue weighted by atomic mass is 10.0. The first-order valence-corrected chi connectivity index (χ1v) is 5.28. The molecule has 16 heavy (non-hydrogen) atoms. The van der Waals surface area contributed by atoms with Gasteiger partial charge in [0, 0.05) is 19.8 Å². The Morgan fingerprint density at radius 3 is 2.75 bits per heavy atom. The summed E-state index contributed by atoms with van der Waals surface area (Å²) in [5.74, 6) is 0.515. The van der Waals surface area contributed by atoms with Crippen molar-refractivity contribution in [3.05, 3.63) is 17.7 Å². The van der Waals surface area contributed by atoms with Crippen LogP contribution in [-0.4, -0.2) is 22.8 Å². The maximum absolute atomic E-state index is 8.96. The molecule has 0 unspecified atom stereocenters. The summed E-state index contributed by atoms with van der Waals surface area (Å²) in [6, 6.07) is 3.96. The van der Waals surface area contributed by atoms with Crippen molar-refractivity contribution in [1.29, 1.82) is 10.5 Å². The topological polar surface area (TPSA) is 74.6 Å². The van der Waals surface area contributed by atoms with Crippen LogP contribution >= 0.6 is 0 Å². The molecule has 1 aliphatic heterocycles. The molecule has 2 rings (SSSR count). The summed E-state index contributed by atoms with van der Waals surface area (Å²) in [5.41, 5.74) is 0.587. The smallest absolute Gasteiger partial charge is 0.176 e. The fraction of sp³-hybridized carbons (Fsp3) is 0.545. The van der Waals surface area contributed by atoms with E-state index in [4.69, 9.17) is 15.3 Å². The molecule has 82 valence electrons. The van der Waals surface area contributed by atoms with Crippen LogP contribution in [0.2, 0.25) is 0 Å². The summed E-state index contributed by atoms with van der Waals surface area (Å²) in [4.78, 5) is 3.92. The Morgan fingerprint density at radius 1 is 1.38 bits per heavy atom. The minimum Gasteiger partial charge on any atom is -0.381 e. The molecular weight excluding hydrogens is 204 g/mol. The molecule has 0 aromatic carbocycles. The molecule has 0 aliphatic carbocycles. The summed E-state index contributed by atoms with van der Waals surface area (Å²) in [7, 11) is 0. The van der Waals surface area contributed by atoms with E-state index in [1.807, 2.05) is 12.1 Å². The number of hydrogen-bond acceptors (Lipinski definition) is 4. The molecule has 1 aromatic heterocycles. The van der Waals surface area contributed by atoms with E-state index in [0.717, 1.165) is 32.6 Å². The van der Waals surface area contributed by atoms with Crippen molar-refractivity contribution >= 4 is 0 Å². The van der Waals surface area contributed by atoms with Crippen LogP contribution in [0.15, 0.2) is 6.33 Å². The molecule has 5 heteroatoms. The lowest BCUT2D eigenvalue weighted by molar-refractivity contribution is 0.0612. The first-order chi connectivity index (χ1) is 7.85. The zero-order valence-electron chi connectivity index (χ0n) is 8.89. The summed E-state index contributed by atoms with van der Waals surface area (Å²) in [6.07, 6.45) is 3.59. The molecule has 0 atom stereocenters. The molecule has 1 fully saturated rings. The average Bonchev–Trinajstić information content (AvgIpc) is 2.72. The number of ether oxygens (including phenoxy) is 1. The summed E-state index contributed by atoms with van der Waals surface area (Å²) in [6.45, 7) is 2.32. The summed E-state index contributed by atoms with van der Waals surface area (Å²) < 4.78 is 7.05. The molecule has 0 amide bonds. The molecule has 0 spiro atoms. The van der Waals surface area contributed by atoms with E-state index in [1.54, 1.807) is 10.9 Å². The maximum Gasteiger partial charge on any atom is 0.176 e. The second kappa shape index (κ2) is 4.78. The predicted octanol–water partition coefficient (Wildman–Crippen LogP) is 1.05. The Hall–Kier alpha value is -1.85. The Bertz CT molecular complexity index is 446. The Morgan fingerprint density at radius 2 is 2.12 bits per heavy atom.